The SMILES string of the molecule is C=C(c1c(OCc2ccccc2)c([N+](=O)[O-])c(C)c(OCc2ccccc2)c1[N+](=O)[O-])[C@@H](O)[C@@H]1[C@H](COS(C)(=O)=O)N1C(=O)OC. The molecule has 3 atom stereocenters. The number of benzene rings is 3. The summed E-state index contributed by atoms with van der Waals surface area (Å²) in [5, 5.41) is 36.8. The van der Waals surface area contributed by atoms with Crippen molar-refractivity contribution in [3.8, 4) is 11.5 Å². The molecule has 3 aromatic rings. The van der Waals surface area contributed by atoms with E-state index in [2.05, 4.69) is 6.58 Å². The summed E-state index contributed by atoms with van der Waals surface area (Å²) in [5.41, 5.74) is -1.40. The van der Waals surface area contributed by atoms with Crippen molar-refractivity contribution in [1.82, 2.24) is 4.90 Å². The van der Waals surface area contributed by atoms with Gasteiger partial charge in [-0.2, -0.15) is 8.42 Å². The lowest BCUT2D eigenvalue weighted by molar-refractivity contribution is -0.391. The fraction of sp³-hybridized carbons (Fsp3) is 0.300. The van der Waals surface area contributed by atoms with Gasteiger partial charge in [-0.3, -0.25) is 29.3 Å². The lowest BCUT2D eigenvalue weighted by atomic mass is 9.93. The van der Waals surface area contributed by atoms with Crippen molar-refractivity contribution in [2.45, 2.75) is 38.3 Å². The van der Waals surface area contributed by atoms with Crippen molar-refractivity contribution < 1.29 is 46.6 Å². The number of nitro benzene ring substituents is 2. The van der Waals surface area contributed by atoms with Crippen molar-refractivity contribution in [2.75, 3.05) is 20.0 Å². The molecule has 0 spiro atoms. The monoisotopic (exact) mass is 657 g/mol. The van der Waals surface area contributed by atoms with Crippen LogP contribution in [-0.2, 0) is 32.3 Å². The summed E-state index contributed by atoms with van der Waals surface area (Å²) in [7, 11) is -2.89. The summed E-state index contributed by atoms with van der Waals surface area (Å²) >= 11 is 0. The Hall–Kier alpha value is -5.06. The Kier molecular flexibility index (Phi) is 10.2. The standard InChI is InChI=1S/C30H31N3O12S/c1-18(27(34)25-22(17-45-46(4,40)41)31(25)30(35)42-3)23-26(33(38)39)28(43-15-20-11-7-5-8-12-20)19(2)24(32(36)37)29(23)44-16-21-13-9-6-10-14-21/h5-14,22,25,27,34H,1,15-17H2,2-4H3/t22-,25-,27+,31?/m0/s1. The average molecular weight is 658 g/mol. The highest BCUT2D eigenvalue weighted by molar-refractivity contribution is 7.85. The molecule has 0 radical (unpaired) electrons. The zero-order chi connectivity index (χ0) is 33.8. The smallest absolute Gasteiger partial charge is 0.410 e. The van der Waals surface area contributed by atoms with Gasteiger partial charge in [-0.1, -0.05) is 67.2 Å². The number of ether oxygens (including phenoxy) is 3. The lowest BCUT2D eigenvalue weighted by Gasteiger charge is -2.21. The molecule has 0 aromatic heterocycles. The Morgan fingerprint density at radius 1 is 0.957 bits per heavy atom. The van der Waals surface area contributed by atoms with E-state index in [-0.39, 0.29) is 18.8 Å². The van der Waals surface area contributed by atoms with Crippen molar-refractivity contribution in [3.05, 3.63) is 110 Å². The van der Waals surface area contributed by atoms with Crippen LogP contribution in [0.15, 0.2) is 67.2 Å². The van der Waals surface area contributed by atoms with Gasteiger partial charge in [0.05, 0.1) is 47.5 Å². The topological polar surface area (TPSA) is 198 Å². The molecule has 1 aliphatic heterocycles. The summed E-state index contributed by atoms with van der Waals surface area (Å²) in [6.07, 6.45) is -1.98. The Morgan fingerprint density at radius 3 is 1.91 bits per heavy atom. The molecule has 0 saturated carbocycles. The van der Waals surface area contributed by atoms with Crippen LogP contribution in [0.25, 0.3) is 5.57 Å². The molecule has 3 aromatic carbocycles. The van der Waals surface area contributed by atoms with Crippen LogP contribution in [0.1, 0.15) is 22.3 Å². The van der Waals surface area contributed by atoms with E-state index < -0.39 is 84.9 Å². The van der Waals surface area contributed by atoms with E-state index in [4.69, 9.17) is 18.4 Å². The largest absolute Gasteiger partial charge is 0.482 e. The second-order valence-corrected chi connectivity index (χ2v) is 12.0. The molecule has 16 heteroatoms. The fourth-order valence-electron chi connectivity index (χ4n) is 5.02. The Morgan fingerprint density at radius 2 is 1.46 bits per heavy atom. The first-order chi connectivity index (χ1) is 21.8. The quantitative estimate of drug-likeness (QED) is 0.113. The summed E-state index contributed by atoms with van der Waals surface area (Å²) in [6, 6.07) is 14.8. The number of nitrogens with zero attached hydrogens (tertiary/aromatic N) is 3. The van der Waals surface area contributed by atoms with Crippen molar-refractivity contribution in [2.24, 2.45) is 0 Å². The van der Waals surface area contributed by atoms with Gasteiger partial charge in [0, 0.05) is 0 Å². The third kappa shape index (κ3) is 7.42. The van der Waals surface area contributed by atoms with Crippen molar-refractivity contribution in [1.29, 1.82) is 0 Å². The highest BCUT2D eigenvalue weighted by Crippen LogP contribution is 2.52. The number of rotatable bonds is 14. The van der Waals surface area contributed by atoms with E-state index in [0.717, 1.165) is 18.3 Å². The molecular weight excluding hydrogens is 626 g/mol. The van der Waals surface area contributed by atoms with Crippen LogP contribution in [0.4, 0.5) is 16.2 Å². The van der Waals surface area contributed by atoms with Crippen LogP contribution in [0.5, 0.6) is 11.5 Å². The van der Waals surface area contributed by atoms with Crippen LogP contribution in [-0.4, -0.2) is 72.5 Å². The van der Waals surface area contributed by atoms with E-state index in [1.807, 2.05) is 0 Å². The molecule has 0 unspecified atom stereocenters. The van der Waals surface area contributed by atoms with Crippen molar-refractivity contribution >= 4 is 33.2 Å². The average Bonchev–Trinajstić information content (AvgIpc) is 3.75. The molecule has 0 bridgehead atoms. The van der Waals surface area contributed by atoms with Gasteiger partial charge in [0.15, 0.2) is 0 Å². The van der Waals surface area contributed by atoms with Crippen LogP contribution in [0.2, 0.25) is 0 Å². The normalized spacial score (nSPS) is 16.3. The number of hydrogen-bond donors (Lipinski definition) is 1. The molecular formula is C30H31N3O12S. The Labute approximate surface area is 264 Å². The lowest BCUT2D eigenvalue weighted by Crippen LogP contribution is -2.24. The minimum atomic E-state index is -3.95. The van der Waals surface area contributed by atoms with Gasteiger partial charge in [0.25, 0.3) is 10.1 Å². The number of carbonyl (C=O) groups is 1. The van der Waals surface area contributed by atoms with E-state index >= 15 is 0 Å². The summed E-state index contributed by atoms with van der Waals surface area (Å²) in [5.74, 6) is -1.00. The predicted molar refractivity (Wildman–Crippen MR) is 164 cm³/mol. The summed E-state index contributed by atoms with van der Waals surface area (Å²) in [4.78, 5) is 37.1. The third-order valence-electron chi connectivity index (χ3n) is 7.23. The highest BCUT2D eigenvalue weighted by atomic mass is 32.2. The van der Waals surface area contributed by atoms with Gasteiger partial charge in [-0.25, -0.2) is 4.79 Å². The second-order valence-electron chi connectivity index (χ2n) is 10.3. The van der Waals surface area contributed by atoms with Gasteiger partial charge < -0.3 is 19.3 Å². The minimum Gasteiger partial charge on any atom is -0.482 e. The molecule has 1 heterocycles. The molecule has 1 aliphatic rings. The maximum Gasteiger partial charge on any atom is 0.410 e. The number of carbonyl (C=O) groups excluding carboxylic acids is 1. The van der Waals surface area contributed by atoms with Crippen molar-refractivity contribution in [3.63, 3.8) is 0 Å². The number of nitro groups is 2. The van der Waals surface area contributed by atoms with Crippen LogP contribution in [0.3, 0.4) is 0 Å². The van der Waals surface area contributed by atoms with E-state index in [0.29, 0.717) is 11.1 Å². The molecule has 4 rings (SSSR count). The number of methoxy groups -OCH3 is 1. The molecule has 46 heavy (non-hydrogen) atoms. The highest BCUT2D eigenvalue weighted by Gasteiger charge is 2.57. The van der Waals surface area contributed by atoms with E-state index in [9.17, 15) is 38.5 Å². The first kappa shape index (κ1) is 33.8. The van der Waals surface area contributed by atoms with Gasteiger partial charge in [-0.05, 0) is 23.6 Å². The van der Waals surface area contributed by atoms with Crippen LogP contribution >= 0.6 is 0 Å². The van der Waals surface area contributed by atoms with Crippen LogP contribution in [0, 0.1) is 27.2 Å². The molecule has 1 amide bonds. The first-order valence-corrected chi connectivity index (χ1v) is 15.5. The maximum absolute atomic E-state index is 12.7. The molecule has 1 saturated heterocycles. The number of hydrogen-bond acceptors (Lipinski definition) is 12. The summed E-state index contributed by atoms with van der Waals surface area (Å²) in [6.45, 7) is 4.12. The summed E-state index contributed by atoms with van der Waals surface area (Å²) < 4.78 is 44.6. The second kappa shape index (κ2) is 13.9. The zero-order valence-electron chi connectivity index (χ0n) is 25.0. The molecule has 1 fully saturated rings. The molecule has 1 N–H and O–H groups in total. The third-order valence-corrected chi connectivity index (χ3v) is 7.79. The number of aliphatic hydroxyl groups excluding tert-OH is 1. The fourth-order valence-corrected chi connectivity index (χ4v) is 5.40. The van der Waals surface area contributed by atoms with Crippen LogP contribution < -0.4 is 9.47 Å². The van der Waals surface area contributed by atoms with Gasteiger partial charge in [0.2, 0.25) is 11.5 Å². The number of amides is 1. The Bertz CT molecular complexity index is 1750. The van der Waals surface area contributed by atoms with E-state index in [1.165, 1.54) is 6.92 Å². The van der Waals surface area contributed by atoms with Gasteiger partial charge >= 0.3 is 17.5 Å². The zero-order valence-corrected chi connectivity index (χ0v) is 25.8. The maximum atomic E-state index is 12.7. The molecule has 244 valence electrons. The molecule has 15 nitrogen and oxygen atoms in total. The molecule has 0 aliphatic carbocycles. The predicted octanol–water partition coefficient (Wildman–Crippen LogP) is 4.14. The Balaban J connectivity index is 1.87. The number of aliphatic hydroxyl groups is 1. The van der Waals surface area contributed by atoms with Gasteiger partial charge in [0.1, 0.15) is 24.9 Å². The van der Waals surface area contributed by atoms with Gasteiger partial charge in [-0.15, -0.1) is 0 Å². The minimum absolute atomic E-state index is 0.192. The van der Waals surface area contributed by atoms with E-state index in [1.54, 1.807) is 60.7 Å². The first-order valence-electron chi connectivity index (χ1n) is 13.7.